The summed E-state index contributed by atoms with van der Waals surface area (Å²) >= 11 is 0. The molecule has 3 nitrogen and oxygen atoms in total. The SMILES string of the molecule is O=C1CC[C@@H]2C[C@H](O)CN12. The Morgan fingerprint density at radius 3 is 3.10 bits per heavy atom. The van der Waals surface area contributed by atoms with Crippen molar-refractivity contribution < 1.29 is 9.90 Å². The summed E-state index contributed by atoms with van der Waals surface area (Å²) in [7, 11) is 0. The summed E-state index contributed by atoms with van der Waals surface area (Å²) < 4.78 is 0. The minimum Gasteiger partial charge on any atom is -0.391 e. The molecule has 0 aliphatic carbocycles. The van der Waals surface area contributed by atoms with Crippen LogP contribution in [0, 0.1) is 0 Å². The summed E-state index contributed by atoms with van der Waals surface area (Å²) in [5, 5.41) is 9.16. The Morgan fingerprint density at radius 2 is 2.40 bits per heavy atom. The normalized spacial score (nSPS) is 38.9. The number of carbonyl (C=O) groups excluding carboxylic acids is 1. The summed E-state index contributed by atoms with van der Waals surface area (Å²) in [6.07, 6.45) is 2.19. The molecule has 2 fully saturated rings. The molecule has 0 aromatic heterocycles. The number of fused-ring (bicyclic) bond motifs is 1. The molecule has 1 amide bonds. The lowest BCUT2D eigenvalue weighted by Crippen LogP contribution is -2.27. The van der Waals surface area contributed by atoms with Gasteiger partial charge in [-0.25, -0.2) is 0 Å². The second-order valence-corrected chi connectivity index (χ2v) is 3.13. The zero-order valence-electron chi connectivity index (χ0n) is 5.79. The third kappa shape index (κ3) is 0.736. The van der Waals surface area contributed by atoms with E-state index in [0.717, 1.165) is 12.8 Å². The van der Waals surface area contributed by atoms with E-state index in [0.29, 0.717) is 19.0 Å². The minimum absolute atomic E-state index is 0.224. The molecule has 2 aliphatic heterocycles. The van der Waals surface area contributed by atoms with Gasteiger partial charge in [-0.1, -0.05) is 0 Å². The summed E-state index contributed by atoms with van der Waals surface area (Å²) in [6, 6.07) is 0.363. The Bertz CT molecular complexity index is 169. The fourth-order valence-electron chi connectivity index (χ4n) is 1.90. The lowest BCUT2D eigenvalue weighted by Gasteiger charge is -2.13. The monoisotopic (exact) mass is 141 g/mol. The first-order valence-corrected chi connectivity index (χ1v) is 3.75. The van der Waals surface area contributed by atoms with E-state index < -0.39 is 0 Å². The molecule has 2 heterocycles. The fourth-order valence-corrected chi connectivity index (χ4v) is 1.90. The molecule has 2 rings (SSSR count). The van der Waals surface area contributed by atoms with Gasteiger partial charge in [-0.05, 0) is 12.8 Å². The molecule has 1 N–H and O–H groups in total. The Hall–Kier alpha value is -0.570. The number of rotatable bonds is 0. The van der Waals surface area contributed by atoms with E-state index in [-0.39, 0.29) is 12.0 Å². The maximum absolute atomic E-state index is 11.0. The van der Waals surface area contributed by atoms with E-state index >= 15 is 0 Å². The first kappa shape index (κ1) is 6.16. The lowest BCUT2D eigenvalue weighted by atomic mass is 10.1. The fraction of sp³-hybridized carbons (Fsp3) is 0.857. The van der Waals surface area contributed by atoms with Crippen LogP contribution in [0.2, 0.25) is 0 Å². The summed E-state index contributed by atoms with van der Waals surface area (Å²) in [5.41, 5.74) is 0. The zero-order chi connectivity index (χ0) is 7.14. The van der Waals surface area contributed by atoms with Gasteiger partial charge in [0.05, 0.1) is 6.10 Å². The van der Waals surface area contributed by atoms with Gasteiger partial charge in [0, 0.05) is 19.0 Å². The molecular weight excluding hydrogens is 130 g/mol. The van der Waals surface area contributed by atoms with Gasteiger partial charge < -0.3 is 10.0 Å². The van der Waals surface area contributed by atoms with E-state index in [1.165, 1.54) is 0 Å². The Morgan fingerprint density at radius 1 is 1.60 bits per heavy atom. The van der Waals surface area contributed by atoms with Gasteiger partial charge in [0.2, 0.25) is 5.91 Å². The smallest absolute Gasteiger partial charge is 0.222 e. The number of hydrogen-bond donors (Lipinski definition) is 1. The molecule has 0 unspecified atom stereocenters. The molecule has 2 atom stereocenters. The van der Waals surface area contributed by atoms with Gasteiger partial charge in [-0.2, -0.15) is 0 Å². The maximum atomic E-state index is 11.0. The van der Waals surface area contributed by atoms with Crippen LogP contribution in [0.1, 0.15) is 19.3 Å². The highest BCUT2D eigenvalue weighted by Crippen LogP contribution is 2.28. The molecule has 2 saturated heterocycles. The first-order valence-electron chi connectivity index (χ1n) is 3.75. The van der Waals surface area contributed by atoms with Crippen molar-refractivity contribution in [3.63, 3.8) is 0 Å². The molecule has 0 bridgehead atoms. The predicted octanol–water partition coefficient (Wildman–Crippen LogP) is -0.258. The van der Waals surface area contributed by atoms with Crippen molar-refractivity contribution in [2.45, 2.75) is 31.4 Å². The largest absolute Gasteiger partial charge is 0.391 e. The van der Waals surface area contributed by atoms with Crippen LogP contribution in [0.5, 0.6) is 0 Å². The van der Waals surface area contributed by atoms with Crippen molar-refractivity contribution >= 4 is 5.91 Å². The van der Waals surface area contributed by atoms with E-state index in [2.05, 4.69) is 0 Å². The highest BCUT2D eigenvalue weighted by molar-refractivity contribution is 5.79. The molecule has 0 spiro atoms. The van der Waals surface area contributed by atoms with E-state index in [1.807, 2.05) is 4.90 Å². The Kier molecular flexibility index (Phi) is 1.20. The van der Waals surface area contributed by atoms with Crippen LogP contribution in [-0.4, -0.2) is 34.6 Å². The molecule has 2 aliphatic rings. The van der Waals surface area contributed by atoms with Crippen molar-refractivity contribution in [1.82, 2.24) is 4.90 Å². The van der Waals surface area contributed by atoms with E-state index in [1.54, 1.807) is 0 Å². The molecule has 56 valence electrons. The van der Waals surface area contributed by atoms with Gasteiger partial charge in [-0.15, -0.1) is 0 Å². The average Bonchev–Trinajstić information content (AvgIpc) is 2.35. The molecule has 0 aromatic rings. The number of carbonyl (C=O) groups is 1. The van der Waals surface area contributed by atoms with Crippen molar-refractivity contribution in [2.24, 2.45) is 0 Å². The average molecular weight is 141 g/mol. The van der Waals surface area contributed by atoms with Gasteiger partial charge in [-0.3, -0.25) is 4.79 Å². The zero-order valence-corrected chi connectivity index (χ0v) is 5.79. The maximum Gasteiger partial charge on any atom is 0.222 e. The number of aliphatic hydroxyl groups excluding tert-OH is 1. The van der Waals surface area contributed by atoms with E-state index in [9.17, 15) is 4.79 Å². The van der Waals surface area contributed by atoms with Crippen molar-refractivity contribution in [3.8, 4) is 0 Å². The number of amides is 1. The molecule has 10 heavy (non-hydrogen) atoms. The van der Waals surface area contributed by atoms with Crippen LogP contribution in [-0.2, 0) is 4.79 Å². The highest BCUT2D eigenvalue weighted by atomic mass is 16.3. The molecule has 0 radical (unpaired) electrons. The predicted molar refractivity (Wildman–Crippen MR) is 35.4 cm³/mol. The minimum atomic E-state index is -0.255. The molecule has 0 saturated carbocycles. The number of nitrogens with zero attached hydrogens (tertiary/aromatic N) is 1. The third-order valence-electron chi connectivity index (χ3n) is 2.40. The molecular formula is C7H11NO2. The highest BCUT2D eigenvalue weighted by Gasteiger charge is 2.38. The third-order valence-corrected chi connectivity index (χ3v) is 2.40. The first-order chi connectivity index (χ1) is 4.77. The summed E-state index contributed by atoms with van der Waals surface area (Å²) in [5.74, 6) is 0.224. The second-order valence-electron chi connectivity index (χ2n) is 3.13. The van der Waals surface area contributed by atoms with Crippen LogP contribution < -0.4 is 0 Å². The summed E-state index contributed by atoms with van der Waals surface area (Å²) in [6.45, 7) is 0.573. The quantitative estimate of drug-likeness (QED) is 0.505. The lowest BCUT2D eigenvalue weighted by molar-refractivity contribution is -0.128. The van der Waals surface area contributed by atoms with Crippen molar-refractivity contribution in [2.75, 3.05) is 6.54 Å². The Labute approximate surface area is 59.6 Å². The van der Waals surface area contributed by atoms with Crippen molar-refractivity contribution in [3.05, 3.63) is 0 Å². The van der Waals surface area contributed by atoms with Crippen LogP contribution in [0.15, 0.2) is 0 Å². The topological polar surface area (TPSA) is 40.5 Å². The van der Waals surface area contributed by atoms with Gasteiger partial charge in [0.15, 0.2) is 0 Å². The Balaban J connectivity index is 2.12. The summed E-state index contributed by atoms with van der Waals surface area (Å²) in [4.78, 5) is 12.8. The van der Waals surface area contributed by atoms with Gasteiger partial charge >= 0.3 is 0 Å². The standard InChI is InChI=1S/C7H11NO2/c9-6-3-5-1-2-7(10)8(5)4-6/h5-6,9H,1-4H2/t5-,6+/m1/s1. The molecule has 0 aromatic carbocycles. The van der Waals surface area contributed by atoms with Gasteiger partial charge in [0.1, 0.15) is 0 Å². The van der Waals surface area contributed by atoms with Crippen LogP contribution in [0.25, 0.3) is 0 Å². The molecule has 3 heteroatoms. The van der Waals surface area contributed by atoms with E-state index in [4.69, 9.17) is 5.11 Å². The number of hydrogen-bond acceptors (Lipinski definition) is 2. The van der Waals surface area contributed by atoms with Crippen molar-refractivity contribution in [1.29, 1.82) is 0 Å². The second kappa shape index (κ2) is 1.95. The van der Waals surface area contributed by atoms with Crippen LogP contribution in [0.3, 0.4) is 0 Å². The number of aliphatic hydroxyl groups is 1. The van der Waals surface area contributed by atoms with Crippen LogP contribution >= 0.6 is 0 Å². The van der Waals surface area contributed by atoms with Gasteiger partial charge in [0.25, 0.3) is 0 Å². The van der Waals surface area contributed by atoms with Crippen LogP contribution in [0.4, 0.5) is 0 Å².